The van der Waals surface area contributed by atoms with Crippen LogP contribution in [0, 0.1) is 0 Å². The summed E-state index contributed by atoms with van der Waals surface area (Å²) in [5.74, 6) is -0.454. The van der Waals surface area contributed by atoms with Gasteiger partial charge in [-0.05, 0) is 43.3 Å². The Hall–Kier alpha value is -1.82. The van der Waals surface area contributed by atoms with Gasteiger partial charge in [-0.25, -0.2) is 9.48 Å². The first kappa shape index (κ1) is 19.0. The Kier molecular flexibility index (Phi) is 6.01. The minimum atomic E-state index is -0.454. The number of carbonyl (C=O) groups is 1. The van der Waals surface area contributed by atoms with E-state index in [1.54, 1.807) is 35.9 Å². The molecule has 134 valence electrons. The highest BCUT2D eigenvalue weighted by Gasteiger charge is 2.25. The van der Waals surface area contributed by atoms with Crippen molar-refractivity contribution in [3.63, 3.8) is 0 Å². The highest BCUT2D eigenvalue weighted by atomic mass is 79.9. The van der Waals surface area contributed by atoms with Gasteiger partial charge in [-0.3, -0.25) is 0 Å². The molecule has 1 aromatic heterocycles. The van der Waals surface area contributed by atoms with E-state index in [2.05, 4.69) is 21.0 Å². The number of ether oxygens (including phenoxy) is 1. The van der Waals surface area contributed by atoms with Crippen LogP contribution in [0.3, 0.4) is 0 Å². The van der Waals surface area contributed by atoms with Crippen molar-refractivity contribution < 1.29 is 9.53 Å². The molecule has 0 unspecified atom stereocenters. The molecule has 2 aromatic carbocycles. The van der Waals surface area contributed by atoms with Gasteiger partial charge in [-0.2, -0.15) is 5.10 Å². The lowest BCUT2D eigenvalue weighted by atomic mass is 10.1. The topological polar surface area (TPSA) is 44.1 Å². The van der Waals surface area contributed by atoms with Crippen molar-refractivity contribution >= 4 is 45.1 Å². The Morgan fingerprint density at radius 1 is 1.08 bits per heavy atom. The number of alkyl halides is 1. The van der Waals surface area contributed by atoms with Crippen molar-refractivity contribution in [2.75, 3.05) is 6.61 Å². The summed E-state index contributed by atoms with van der Waals surface area (Å²) in [6, 6.07) is 14.7. The summed E-state index contributed by atoms with van der Waals surface area (Å²) in [5, 5.41) is 6.25. The van der Waals surface area contributed by atoms with Crippen LogP contribution in [0.25, 0.3) is 16.9 Å². The standard InChI is InChI=1S/C19H15BrCl2N2O2/c1-2-26-19(25)17-16(11-20)18(12-3-5-13(21)6-4-12)24(23-17)15-9-7-14(22)8-10-15/h3-10H,2,11H2,1H3. The fourth-order valence-electron chi connectivity index (χ4n) is 2.61. The van der Waals surface area contributed by atoms with E-state index in [-0.39, 0.29) is 12.3 Å². The molecular formula is C19H15BrCl2N2O2. The molecule has 3 rings (SSSR count). The van der Waals surface area contributed by atoms with E-state index in [0.717, 1.165) is 22.5 Å². The van der Waals surface area contributed by atoms with Crippen LogP contribution >= 0.6 is 39.1 Å². The number of nitrogens with zero attached hydrogens (tertiary/aromatic N) is 2. The second kappa shape index (κ2) is 8.25. The lowest BCUT2D eigenvalue weighted by molar-refractivity contribution is 0.0518. The van der Waals surface area contributed by atoms with Crippen LogP contribution in [0.5, 0.6) is 0 Å². The van der Waals surface area contributed by atoms with Crippen LogP contribution in [-0.2, 0) is 10.1 Å². The third kappa shape index (κ3) is 3.80. The second-order valence-corrected chi connectivity index (χ2v) is 6.86. The van der Waals surface area contributed by atoms with Gasteiger partial charge in [-0.15, -0.1) is 0 Å². The summed E-state index contributed by atoms with van der Waals surface area (Å²) in [6.07, 6.45) is 0. The highest BCUT2D eigenvalue weighted by molar-refractivity contribution is 9.08. The molecule has 0 saturated heterocycles. The molecule has 0 saturated carbocycles. The summed E-state index contributed by atoms with van der Waals surface area (Å²) in [6.45, 7) is 2.05. The average Bonchev–Trinajstić information content (AvgIpc) is 3.03. The Bertz CT molecular complexity index is 922. The monoisotopic (exact) mass is 452 g/mol. The normalized spacial score (nSPS) is 10.8. The Morgan fingerprint density at radius 2 is 1.65 bits per heavy atom. The second-order valence-electron chi connectivity index (χ2n) is 5.42. The lowest BCUT2D eigenvalue weighted by Gasteiger charge is -2.09. The molecule has 0 N–H and O–H groups in total. The van der Waals surface area contributed by atoms with Crippen molar-refractivity contribution in [3.8, 4) is 16.9 Å². The molecule has 0 aliphatic rings. The smallest absolute Gasteiger partial charge is 0.359 e. The van der Waals surface area contributed by atoms with Gasteiger partial charge in [0.1, 0.15) is 0 Å². The fraction of sp³-hybridized carbons (Fsp3) is 0.158. The first-order valence-electron chi connectivity index (χ1n) is 7.92. The average molecular weight is 454 g/mol. The SMILES string of the molecule is CCOC(=O)c1nn(-c2ccc(Cl)cc2)c(-c2ccc(Cl)cc2)c1CBr. The maximum atomic E-state index is 12.4. The lowest BCUT2D eigenvalue weighted by Crippen LogP contribution is -2.08. The van der Waals surface area contributed by atoms with Crippen LogP contribution in [0.15, 0.2) is 48.5 Å². The maximum absolute atomic E-state index is 12.4. The van der Waals surface area contributed by atoms with Crippen molar-refractivity contribution in [2.45, 2.75) is 12.3 Å². The van der Waals surface area contributed by atoms with Crippen molar-refractivity contribution in [2.24, 2.45) is 0 Å². The molecule has 0 radical (unpaired) electrons. The van der Waals surface area contributed by atoms with Crippen LogP contribution in [0.2, 0.25) is 10.0 Å². The molecule has 0 bridgehead atoms. The van der Waals surface area contributed by atoms with Gasteiger partial charge in [-0.1, -0.05) is 51.3 Å². The molecule has 26 heavy (non-hydrogen) atoms. The molecule has 0 amide bonds. The number of rotatable bonds is 5. The van der Waals surface area contributed by atoms with Gasteiger partial charge in [0.15, 0.2) is 5.69 Å². The minimum Gasteiger partial charge on any atom is -0.461 e. The highest BCUT2D eigenvalue weighted by Crippen LogP contribution is 2.32. The van der Waals surface area contributed by atoms with Crippen molar-refractivity contribution in [1.29, 1.82) is 0 Å². The molecular weight excluding hydrogens is 439 g/mol. The van der Waals surface area contributed by atoms with E-state index >= 15 is 0 Å². The summed E-state index contributed by atoms with van der Waals surface area (Å²) >= 11 is 15.5. The first-order chi connectivity index (χ1) is 12.5. The summed E-state index contributed by atoms with van der Waals surface area (Å²) in [5.41, 5.74) is 3.51. The quantitative estimate of drug-likeness (QED) is 0.355. The van der Waals surface area contributed by atoms with Gasteiger partial charge in [0.2, 0.25) is 0 Å². The molecule has 4 nitrogen and oxygen atoms in total. The molecule has 0 aliphatic carbocycles. The van der Waals surface area contributed by atoms with Crippen molar-refractivity contribution in [3.05, 3.63) is 69.8 Å². The predicted molar refractivity (Wildman–Crippen MR) is 108 cm³/mol. The predicted octanol–water partition coefficient (Wildman–Crippen LogP) is 5.92. The van der Waals surface area contributed by atoms with Gasteiger partial charge in [0.25, 0.3) is 0 Å². The number of esters is 1. The zero-order valence-corrected chi connectivity index (χ0v) is 17.0. The third-order valence-corrected chi connectivity index (χ3v) is 4.84. The summed E-state index contributed by atoms with van der Waals surface area (Å²) < 4.78 is 6.90. The fourth-order valence-corrected chi connectivity index (χ4v) is 3.40. The van der Waals surface area contributed by atoms with Crippen molar-refractivity contribution in [1.82, 2.24) is 9.78 Å². The molecule has 1 heterocycles. The molecule has 0 atom stereocenters. The molecule has 0 spiro atoms. The largest absolute Gasteiger partial charge is 0.461 e. The molecule has 0 fully saturated rings. The summed E-state index contributed by atoms with van der Waals surface area (Å²) in [7, 11) is 0. The van der Waals surface area contributed by atoms with E-state index in [1.807, 2.05) is 24.3 Å². The van der Waals surface area contributed by atoms with Gasteiger partial charge >= 0.3 is 5.97 Å². The van der Waals surface area contributed by atoms with Gasteiger partial charge < -0.3 is 4.74 Å². The number of carbonyl (C=O) groups excluding carboxylic acids is 1. The number of hydrogen-bond acceptors (Lipinski definition) is 3. The van der Waals surface area contributed by atoms with E-state index in [0.29, 0.717) is 15.4 Å². The van der Waals surface area contributed by atoms with Gasteiger partial charge in [0.05, 0.1) is 18.0 Å². The molecule has 0 aliphatic heterocycles. The van der Waals surface area contributed by atoms with E-state index in [4.69, 9.17) is 27.9 Å². The zero-order valence-electron chi connectivity index (χ0n) is 13.9. The Morgan fingerprint density at radius 3 is 2.19 bits per heavy atom. The van der Waals surface area contributed by atoms with Crippen LogP contribution in [0.1, 0.15) is 23.0 Å². The third-order valence-electron chi connectivity index (χ3n) is 3.77. The van der Waals surface area contributed by atoms with E-state index < -0.39 is 5.97 Å². The maximum Gasteiger partial charge on any atom is 0.359 e. The number of halogens is 3. The number of hydrogen-bond donors (Lipinski definition) is 0. The number of benzene rings is 2. The van der Waals surface area contributed by atoms with E-state index in [1.165, 1.54) is 0 Å². The molecule has 3 aromatic rings. The van der Waals surface area contributed by atoms with Gasteiger partial charge in [0, 0.05) is 26.5 Å². The first-order valence-corrected chi connectivity index (χ1v) is 9.79. The summed E-state index contributed by atoms with van der Waals surface area (Å²) in [4.78, 5) is 12.4. The Labute approximate surface area is 169 Å². The van der Waals surface area contributed by atoms with E-state index in [9.17, 15) is 4.79 Å². The van der Waals surface area contributed by atoms with Crippen LogP contribution in [-0.4, -0.2) is 22.4 Å². The minimum absolute atomic E-state index is 0.281. The van der Waals surface area contributed by atoms with Crippen LogP contribution < -0.4 is 0 Å². The molecule has 7 heteroatoms. The Balaban J connectivity index is 2.25. The number of aromatic nitrogens is 2. The zero-order chi connectivity index (χ0) is 18.7. The van der Waals surface area contributed by atoms with Crippen LogP contribution in [0.4, 0.5) is 0 Å².